The minimum atomic E-state index is -0.405. The number of morpholine rings is 1. The molecule has 8 heteroatoms. The molecule has 1 fully saturated rings. The summed E-state index contributed by atoms with van der Waals surface area (Å²) < 4.78 is 7.60. The minimum absolute atomic E-state index is 0.119. The number of hydrogen-bond acceptors (Lipinski definition) is 4. The van der Waals surface area contributed by atoms with Gasteiger partial charge >= 0.3 is 0 Å². The van der Waals surface area contributed by atoms with E-state index >= 15 is 0 Å². The van der Waals surface area contributed by atoms with Gasteiger partial charge in [-0.05, 0) is 56.3 Å². The van der Waals surface area contributed by atoms with Gasteiger partial charge < -0.3 is 15.0 Å². The van der Waals surface area contributed by atoms with Crippen LogP contribution in [0.4, 0.5) is 0 Å². The predicted molar refractivity (Wildman–Crippen MR) is 152 cm³/mol. The highest BCUT2D eigenvalue weighted by Gasteiger charge is 2.29. The van der Waals surface area contributed by atoms with Crippen molar-refractivity contribution in [1.29, 1.82) is 0 Å². The van der Waals surface area contributed by atoms with Crippen LogP contribution in [0.1, 0.15) is 29.8 Å². The molecule has 2 heterocycles. The van der Waals surface area contributed by atoms with Gasteiger partial charge in [-0.15, -0.1) is 0 Å². The summed E-state index contributed by atoms with van der Waals surface area (Å²) in [7, 11) is 0. The Labute approximate surface area is 232 Å². The van der Waals surface area contributed by atoms with Crippen LogP contribution in [-0.2, 0) is 9.53 Å². The maximum absolute atomic E-state index is 13.9. The Hall–Kier alpha value is -4.20. The van der Waals surface area contributed by atoms with Crippen molar-refractivity contribution in [2.45, 2.75) is 26.1 Å². The summed E-state index contributed by atoms with van der Waals surface area (Å²) in [6.45, 7) is 4.71. The van der Waals surface area contributed by atoms with Gasteiger partial charge in [0.1, 0.15) is 11.4 Å². The highest BCUT2D eigenvalue weighted by atomic mass is 35.5. The maximum Gasteiger partial charge on any atom is 0.270 e. The normalized spacial score (nSPS) is 17.6. The van der Waals surface area contributed by atoms with Gasteiger partial charge in [0.05, 0.1) is 17.9 Å². The van der Waals surface area contributed by atoms with Gasteiger partial charge in [0, 0.05) is 41.0 Å². The predicted octanol–water partition coefficient (Wildman–Crippen LogP) is 5.60. The van der Waals surface area contributed by atoms with E-state index in [0.717, 1.165) is 11.3 Å². The lowest BCUT2D eigenvalue weighted by molar-refractivity contribution is -0.139. The molecule has 0 radical (unpaired) electrons. The van der Waals surface area contributed by atoms with Crippen molar-refractivity contribution in [1.82, 2.24) is 20.0 Å². The summed E-state index contributed by atoms with van der Waals surface area (Å²) in [6.07, 6.45) is 3.33. The molecule has 198 valence electrons. The Morgan fingerprint density at radius 3 is 2.18 bits per heavy atom. The van der Waals surface area contributed by atoms with Crippen molar-refractivity contribution in [3.63, 3.8) is 0 Å². The molecule has 1 saturated heterocycles. The molecule has 3 aromatic carbocycles. The topological polar surface area (TPSA) is 76.5 Å². The van der Waals surface area contributed by atoms with E-state index in [1.165, 1.54) is 0 Å². The number of ether oxygens (including phenoxy) is 1. The van der Waals surface area contributed by atoms with E-state index in [1.807, 2.05) is 80.7 Å². The second kappa shape index (κ2) is 11.7. The number of carbonyl (C=O) groups excluding carboxylic acids is 2. The zero-order valence-electron chi connectivity index (χ0n) is 21.8. The highest BCUT2D eigenvalue weighted by Crippen LogP contribution is 2.26. The molecule has 2 unspecified atom stereocenters. The number of benzene rings is 3. The van der Waals surface area contributed by atoms with E-state index in [0.29, 0.717) is 34.9 Å². The van der Waals surface area contributed by atoms with E-state index in [1.54, 1.807) is 39.9 Å². The first-order valence-electron chi connectivity index (χ1n) is 12.8. The summed E-state index contributed by atoms with van der Waals surface area (Å²) in [5.41, 5.74) is 3.70. The SMILES string of the molecule is CC1CN(C(=O)C(=Cc2cn(-c3ccccc3)nc2-c2ccccc2)NC(=O)c2ccc(Cl)cc2)CC(C)O1. The first-order valence-corrected chi connectivity index (χ1v) is 13.2. The Balaban J connectivity index is 1.59. The number of amides is 2. The summed E-state index contributed by atoms with van der Waals surface area (Å²) in [4.78, 5) is 28.8. The van der Waals surface area contributed by atoms with Crippen LogP contribution in [0.5, 0.6) is 0 Å². The number of rotatable bonds is 6. The zero-order chi connectivity index (χ0) is 27.4. The van der Waals surface area contributed by atoms with Crippen molar-refractivity contribution in [2.24, 2.45) is 0 Å². The van der Waals surface area contributed by atoms with Crippen LogP contribution in [-0.4, -0.2) is 51.8 Å². The number of nitrogens with one attached hydrogen (secondary N) is 1. The Kier molecular flexibility index (Phi) is 7.91. The van der Waals surface area contributed by atoms with Crippen LogP contribution >= 0.6 is 11.6 Å². The van der Waals surface area contributed by atoms with Gasteiger partial charge in [-0.2, -0.15) is 5.10 Å². The largest absolute Gasteiger partial charge is 0.372 e. The minimum Gasteiger partial charge on any atom is -0.372 e. The van der Waals surface area contributed by atoms with Crippen LogP contribution < -0.4 is 5.32 Å². The Morgan fingerprint density at radius 2 is 1.54 bits per heavy atom. The fourth-order valence-corrected chi connectivity index (χ4v) is 4.77. The fourth-order valence-electron chi connectivity index (χ4n) is 4.64. The van der Waals surface area contributed by atoms with Crippen LogP contribution in [0.2, 0.25) is 5.02 Å². The van der Waals surface area contributed by atoms with Crippen LogP contribution in [0.15, 0.2) is 96.8 Å². The second-order valence-electron chi connectivity index (χ2n) is 9.57. The third kappa shape index (κ3) is 6.28. The van der Waals surface area contributed by atoms with Crippen LogP contribution in [0.3, 0.4) is 0 Å². The van der Waals surface area contributed by atoms with Gasteiger partial charge in [-0.1, -0.05) is 60.1 Å². The number of para-hydroxylation sites is 1. The molecule has 1 aromatic heterocycles. The number of carbonyl (C=O) groups is 2. The molecular formula is C31H29ClN4O3. The van der Waals surface area contributed by atoms with E-state index in [4.69, 9.17) is 21.4 Å². The van der Waals surface area contributed by atoms with E-state index in [-0.39, 0.29) is 23.8 Å². The third-order valence-electron chi connectivity index (χ3n) is 6.40. The van der Waals surface area contributed by atoms with Gasteiger partial charge in [0.25, 0.3) is 11.8 Å². The van der Waals surface area contributed by atoms with Gasteiger partial charge in [0.2, 0.25) is 0 Å². The Bertz CT molecular complexity index is 1470. The molecule has 2 atom stereocenters. The molecule has 1 aliphatic heterocycles. The van der Waals surface area contributed by atoms with Gasteiger partial charge in [0.15, 0.2) is 0 Å². The number of aromatic nitrogens is 2. The van der Waals surface area contributed by atoms with Crippen LogP contribution in [0.25, 0.3) is 23.0 Å². The number of nitrogens with zero attached hydrogens (tertiary/aromatic N) is 3. The van der Waals surface area contributed by atoms with E-state index in [2.05, 4.69) is 5.32 Å². The zero-order valence-corrected chi connectivity index (χ0v) is 22.5. The standard InChI is InChI=1S/C31H29ClN4O3/c1-21-18-35(19-22(2)39-21)31(38)28(33-30(37)24-13-15-26(32)16-14-24)17-25-20-36(27-11-7-4-8-12-27)34-29(25)23-9-5-3-6-10-23/h3-17,20-22H,18-19H2,1-2H3,(H,33,37). The maximum atomic E-state index is 13.9. The highest BCUT2D eigenvalue weighted by molar-refractivity contribution is 6.30. The quantitative estimate of drug-likeness (QED) is 0.323. The molecular weight excluding hydrogens is 512 g/mol. The monoisotopic (exact) mass is 540 g/mol. The fraction of sp³-hybridized carbons (Fsp3) is 0.194. The lowest BCUT2D eigenvalue weighted by atomic mass is 10.1. The molecule has 1 aliphatic rings. The smallest absolute Gasteiger partial charge is 0.270 e. The van der Waals surface area contributed by atoms with Crippen molar-refractivity contribution in [3.05, 3.63) is 113 Å². The molecule has 1 N–H and O–H groups in total. The van der Waals surface area contributed by atoms with Crippen LogP contribution in [0, 0.1) is 0 Å². The lowest BCUT2D eigenvalue weighted by Gasteiger charge is -2.35. The molecule has 4 aromatic rings. The van der Waals surface area contributed by atoms with Crippen molar-refractivity contribution >= 4 is 29.5 Å². The number of hydrogen-bond donors (Lipinski definition) is 1. The molecule has 0 aliphatic carbocycles. The summed E-state index contributed by atoms with van der Waals surface area (Å²) in [6, 6.07) is 26.0. The van der Waals surface area contributed by atoms with Gasteiger partial charge in [-0.25, -0.2) is 4.68 Å². The molecule has 0 bridgehead atoms. The molecule has 0 saturated carbocycles. The first kappa shape index (κ1) is 26.4. The molecule has 7 nitrogen and oxygen atoms in total. The molecule has 2 amide bonds. The first-order chi connectivity index (χ1) is 18.9. The second-order valence-corrected chi connectivity index (χ2v) is 10.0. The molecule has 5 rings (SSSR count). The van der Waals surface area contributed by atoms with Crippen molar-refractivity contribution < 1.29 is 14.3 Å². The summed E-state index contributed by atoms with van der Waals surface area (Å²) in [5, 5.41) is 8.24. The average Bonchev–Trinajstić information content (AvgIpc) is 3.37. The van der Waals surface area contributed by atoms with E-state index in [9.17, 15) is 9.59 Å². The van der Waals surface area contributed by atoms with Crippen molar-refractivity contribution in [2.75, 3.05) is 13.1 Å². The molecule has 0 spiro atoms. The summed E-state index contributed by atoms with van der Waals surface area (Å²) in [5.74, 6) is -0.692. The summed E-state index contributed by atoms with van der Waals surface area (Å²) >= 11 is 6.01. The van der Waals surface area contributed by atoms with E-state index < -0.39 is 5.91 Å². The third-order valence-corrected chi connectivity index (χ3v) is 6.65. The lowest BCUT2D eigenvalue weighted by Crippen LogP contribution is -2.50. The Morgan fingerprint density at radius 1 is 0.923 bits per heavy atom. The average molecular weight is 541 g/mol. The molecule has 39 heavy (non-hydrogen) atoms. The van der Waals surface area contributed by atoms with Crippen molar-refractivity contribution in [3.8, 4) is 16.9 Å². The number of halogens is 1. The van der Waals surface area contributed by atoms with Gasteiger partial charge in [-0.3, -0.25) is 9.59 Å².